The third kappa shape index (κ3) is 5.27. The average Bonchev–Trinajstić information content (AvgIpc) is 2.84. The first-order chi connectivity index (χ1) is 16.4. The number of aromatic nitrogens is 3. The number of sulfonamides is 1. The maximum atomic E-state index is 12.9. The lowest BCUT2D eigenvalue weighted by Crippen LogP contribution is -2.37. The van der Waals surface area contributed by atoms with Crippen molar-refractivity contribution < 1.29 is 17.9 Å². The van der Waals surface area contributed by atoms with E-state index in [2.05, 4.69) is 36.4 Å². The van der Waals surface area contributed by atoms with Crippen molar-refractivity contribution in [2.24, 2.45) is 0 Å². The lowest BCUT2D eigenvalue weighted by atomic mass is 10.2. The molecule has 176 valence electrons. The van der Waals surface area contributed by atoms with Crippen molar-refractivity contribution in [1.82, 2.24) is 15.0 Å². The van der Waals surface area contributed by atoms with Crippen LogP contribution in [-0.2, 0) is 14.8 Å². The molecule has 1 aromatic carbocycles. The van der Waals surface area contributed by atoms with Crippen molar-refractivity contribution in [1.29, 1.82) is 0 Å². The van der Waals surface area contributed by atoms with E-state index in [0.29, 0.717) is 24.3 Å². The van der Waals surface area contributed by atoms with E-state index in [9.17, 15) is 8.42 Å². The number of anilines is 2. The summed E-state index contributed by atoms with van der Waals surface area (Å²) in [6.07, 6.45) is 3.06. The summed E-state index contributed by atoms with van der Waals surface area (Å²) in [5.41, 5.74) is 3.14. The van der Waals surface area contributed by atoms with Gasteiger partial charge >= 0.3 is 0 Å². The number of rotatable bonds is 5. The highest BCUT2D eigenvalue weighted by atomic mass is 32.2. The molecule has 0 amide bonds. The van der Waals surface area contributed by atoms with Crippen LogP contribution in [0.2, 0.25) is 0 Å². The molecule has 4 rings (SSSR count). The molecule has 2 aromatic heterocycles. The smallest absolute Gasteiger partial charge is 0.262 e. The molecule has 3 heterocycles. The largest absolute Gasteiger partial charge is 0.479 e. The second-order valence-electron chi connectivity index (χ2n) is 7.71. The highest BCUT2D eigenvalue weighted by Crippen LogP contribution is 2.26. The van der Waals surface area contributed by atoms with Gasteiger partial charge in [-0.3, -0.25) is 4.72 Å². The Morgan fingerprint density at radius 1 is 1.06 bits per heavy atom. The van der Waals surface area contributed by atoms with E-state index >= 15 is 0 Å². The standard InChI is InChI=1S/C24H25N5O4S/c1-17-4-7-20(8-5-17)34(30,31)28-22-14-19(15-25-24(22)32-3)6-9-21-18(2)26-16-27-23(21)29-10-12-33-13-11-29/h4-5,7-8,14-16,28H,10-13H2,1-3H3. The van der Waals surface area contributed by atoms with Gasteiger partial charge in [0.1, 0.15) is 17.8 Å². The Morgan fingerprint density at radius 3 is 2.50 bits per heavy atom. The van der Waals surface area contributed by atoms with Crippen LogP contribution in [0.4, 0.5) is 11.5 Å². The minimum Gasteiger partial charge on any atom is -0.479 e. The maximum Gasteiger partial charge on any atom is 0.262 e. The summed E-state index contributed by atoms with van der Waals surface area (Å²) in [4.78, 5) is 15.2. The molecule has 0 spiro atoms. The normalized spacial score (nSPS) is 13.7. The summed E-state index contributed by atoms with van der Waals surface area (Å²) in [5, 5.41) is 0. The van der Waals surface area contributed by atoms with Crippen molar-refractivity contribution in [2.45, 2.75) is 18.7 Å². The van der Waals surface area contributed by atoms with Gasteiger partial charge in [0.2, 0.25) is 5.88 Å². The number of morpholine rings is 1. The molecule has 0 atom stereocenters. The van der Waals surface area contributed by atoms with Gasteiger partial charge in [-0.25, -0.2) is 23.4 Å². The van der Waals surface area contributed by atoms with Crippen LogP contribution in [0.3, 0.4) is 0 Å². The van der Waals surface area contributed by atoms with E-state index in [1.807, 2.05) is 13.8 Å². The topological polar surface area (TPSA) is 107 Å². The van der Waals surface area contributed by atoms with E-state index in [-0.39, 0.29) is 16.5 Å². The number of aryl methyl sites for hydroxylation is 2. The second kappa shape index (κ2) is 10.1. The summed E-state index contributed by atoms with van der Waals surface area (Å²) in [5.74, 6) is 7.11. The molecule has 1 aliphatic rings. The predicted molar refractivity (Wildman–Crippen MR) is 129 cm³/mol. The first kappa shape index (κ1) is 23.5. The van der Waals surface area contributed by atoms with Gasteiger partial charge in [0.25, 0.3) is 10.0 Å². The zero-order valence-corrected chi connectivity index (χ0v) is 20.0. The molecule has 1 fully saturated rings. The quantitative estimate of drug-likeness (QED) is 0.557. The van der Waals surface area contributed by atoms with Gasteiger partial charge in [-0.05, 0) is 32.0 Å². The fourth-order valence-electron chi connectivity index (χ4n) is 3.43. The van der Waals surface area contributed by atoms with Crippen LogP contribution < -0.4 is 14.4 Å². The highest BCUT2D eigenvalue weighted by Gasteiger charge is 2.19. The molecule has 10 heteroatoms. The van der Waals surface area contributed by atoms with Gasteiger partial charge in [-0.1, -0.05) is 29.5 Å². The monoisotopic (exact) mass is 479 g/mol. The first-order valence-corrected chi connectivity index (χ1v) is 12.2. The van der Waals surface area contributed by atoms with Crippen LogP contribution in [0.5, 0.6) is 5.88 Å². The molecule has 0 saturated carbocycles. The molecule has 0 bridgehead atoms. The molecule has 9 nitrogen and oxygen atoms in total. The van der Waals surface area contributed by atoms with E-state index in [0.717, 1.165) is 30.2 Å². The van der Waals surface area contributed by atoms with E-state index in [1.54, 1.807) is 30.3 Å². The fourth-order valence-corrected chi connectivity index (χ4v) is 4.48. The summed E-state index contributed by atoms with van der Waals surface area (Å²) < 4.78 is 39.0. The number of nitrogens with one attached hydrogen (secondary N) is 1. The lowest BCUT2D eigenvalue weighted by molar-refractivity contribution is 0.122. The van der Waals surface area contributed by atoms with Crippen LogP contribution in [-0.4, -0.2) is 56.8 Å². The second-order valence-corrected chi connectivity index (χ2v) is 9.39. The van der Waals surface area contributed by atoms with Crippen molar-refractivity contribution in [3.63, 3.8) is 0 Å². The van der Waals surface area contributed by atoms with Crippen molar-refractivity contribution in [2.75, 3.05) is 43.0 Å². The first-order valence-electron chi connectivity index (χ1n) is 10.7. The molecule has 34 heavy (non-hydrogen) atoms. The molecule has 1 aliphatic heterocycles. The van der Waals surface area contributed by atoms with Crippen molar-refractivity contribution >= 4 is 21.5 Å². The molecule has 3 aromatic rings. The number of pyridine rings is 1. The van der Waals surface area contributed by atoms with Crippen molar-refractivity contribution in [3.8, 4) is 17.7 Å². The summed E-state index contributed by atoms with van der Waals surface area (Å²) >= 11 is 0. The minimum absolute atomic E-state index is 0.142. The summed E-state index contributed by atoms with van der Waals surface area (Å²) in [6.45, 7) is 6.47. The fraction of sp³-hybridized carbons (Fsp3) is 0.292. The Balaban J connectivity index is 1.66. The number of nitrogens with zero attached hydrogens (tertiary/aromatic N) is 4. The Hall–Kier alpha value is -3.68. The van der Waals surface area contributed by atoms with Gasteiger partial charge in [-0.2, -0.15) is 0 Å². The van der Waals surface area contributed by atoms with Crippen LogP contribution in [0, 0.1) is 25.7 Å². The van der Waals surface area contributed by atoms with E-state index in [4.69, 9.17) is 9.47 Å². The Bertz CT molecular complexity index is 1340. The number of ether oxygens (including phenoxy) is 2. The van der Waals surface area contributed by atoms with Crippen LogP contribution in [0.25, 0.3) is 0 Å². The van der Waals surface area contributed by atoms with Gasteiger partial charge < -0.3 is 14.4 Å². The molecule has 0 aliphatic carbocycles. The van der Waals surface area contributed by atoms with Gasteiger partial charge in [0.15, 0.2) is 0 Å². The molecule has 0 unspecified atom stereocenters. The average molecular weight is 480 g/mol. The zero-order chi connectivity index (χ0) is 24.1. The molecule has 1 saturated heterocycles. The number of methoxy groups -OCH3 is 1. The third-order valence-electron chi connectivity index (χ3n) is 5.28. The minimum atomic E-state index is -3.83. The number of benzene rings is 1. The highest BCUT2D eigenvalue weighted by molar-refractivity contribution is 7.92. The third-order valence-corrected chi connectivity index (χ3v) is 6.66. The molecule has 0 radical (unpaired) electrons. The van der Waals surface area contributed by atoms with Gasteiger partial charge in [-0.15, -0.1) is 0 Å². The molecule has 1 N–H and O–H groups in total. The zero-order valence-electron chi connectivity index (χ0n) is 19.2. The number of hydrogen-bond acceptors (Lipinski definition) is 8. The maximum absolute atomic E-state index is 12.9. The summed E-state index contributed by atoms with van der Waals surface area (Å²) in [6, 6.07) is 8.17. The van der Waals surface area contributed by atoms with Gasteiger partial charge in [0.05, 0.1) is 36.5 Å². The van der Waals surface area contributed by atoms with Crippen LogP contribution >= 0.6 is 0 Å². The SMILES string of the molecule is COc1ncc(C#Cc2c(C)ncnc2N2CCOCC2)cc1NS(=O)(=O)c1ccc(C)cc1. The number of hydrogen-bond donors (Lipinski definition) is 1. The van der Waals surface area contributed by atoms with E-state index < -0.39 is 10.0 Å². The van der Waals surface area contributed by atoms with Crippen molar-refractivity contribution in [3.05, 3.63) is 65.2 Å². The summed E-state index contributed by atoms with van der Waals surface area (Å²) in [7, 11) is -2.40. The molecular weight excluding hydrogens is 454 g/mol. The van der Waals surface area contributed by atoms with Gasteiger partial charge in [0, 0.05) is 24.8 Å². The van der Waals surface area contributed by atoms with Crippen LogP contribution in [0.15, 0.2) is 47.8 Å². The van der Waals surface area contributed by atoms with E-state index in [1.165, 1.54) is 19.6 Å². The Kier molecular flexibility index (Phi) is 6.95. The molecular formula is C24H25N5O4S. The Labute approximate surface area is 199 Å². The predicted octanol–water partition coefficient (Wildman–Crippen LogP) is 2.53. The Morgan fingerprint density at radius 2 is 1.79 bits per heavy atom. The van der Waals surface area contributed by atoms with Crippen LogP contribution in [0.1, 0.15) is 22.4 Å². The lowest BCUT2D eigenvalue weighted by Gasteiger charge is -2.28.